The van der Waals surface area contributed by atoms with Crippen molar-refractivity contribution in [3.05, 3.63) is 47.5 Å². The van der Waals surface area contributed by atoms with Crippen molar-refractivity contribution in [1.29, 1.82) is 0 Å². The molecule has 7 nitrogen and oxygen atoms in total. The summed E-state index contributed by atoms with van der Waals surface area (Å²) in [5.74, 6) is -0.929. The lowest BCUT2D eigenvalue weighted by molar-refractivity contribution is 0.0517. The van der Waals surface area contributed by atoms with Gasteiger partial charge in [-0.25, -0.2) is 13.8 Å². The Hall–Kier alpha value is -2.87. The summed E-state index contributed by atoms with van der Waals surface area (Å²) in [6, 6.07) is 10.2. The molecule has 0 radical (unpaired) electrons. The van der Waals surface area contributed by atoms with Gasteiger partial charge < -0.3 is 20.1 Å². The number of rotatable bonds is 16. The van der Waals surface area contributed by atoms with Crippen molar-refractivity contribution in [3.8, 4) is 0 Å². The van der Waals surface area contributed by atoms with E-state index < -0.39 is 22.7 Å². The molecule has 2 N–H and O–H groups in total. The van der Waals surface area contributed by atoms with Gasteiger partial charge in [0.05, 0.1) is 35.1 Å². The molecule has 0 spiro atoms. The van der Waals surface area contributed by atoms with E-state index in [1.807, 2.05) is 0 Å². The molecule has 2 aromatic carbocycles. The van der Waals surface area contributed by atoms with Crippen molar-refractivity contribution in [3.63, 3.8) is 0 Å². The van der Waals surface area contributed by atoms with Crippen LogP contribution in [-0.2, 0) is 20.3 Å². The molecule has 0 bridgehead atoms. The number of carbonyl (C=O) groups is 2. The molecule has 0 aliphatic carbocycles. The summed E-state index contributed by atoms with van der Waals surface area (Å²) in [5, 5.41) is 6.60. The molecule has 2 rings (SSSR count). The van der Waals surface area contributed by atoms with Crippen LogP contribution in [0.3, 0.4) is 0 Å². The zero-order chi connectivity index (χ0) is 26.3. The second-order valence-corrected chi connectivity index (χ2v) is 9.87. The molecule has 8 heteroatoms. The highest BCUT2D eigenvalue weighted by Gasteiger charge is 2.19. The van der Waals surface area contributed by atoms with Crippen LogP contribution in [-0.4, -0.2) is 42.5 Å². The maximum atomic E-state index is 13.5. The predicted octanol–water partition coefficient (Wildman–Crippen LogP) is 6.41. The Morgan fingerprint density at radius 3 is 1.47 bits per heavy atom. The Morgan fingerprint density at radius 1 is 0.694 bits per heavy atom. The van der Waals surface area contributed by atoms with Gasteiger partial charge in [-0.3, -0.25) is 0 Å². The van der Waals surface area contributed by atoms with Crippen molar-refractivity contribution < 1.29 is 23.3 Å². The second kappa shape index (κ2) is 16.0. The molecule has 0 unspecified atom stereocenters. The minimum atomic E-state index is -1.61. The van der Waals surface area contributed by atoms with E-state index in [9.17, 15) is 13.8 Å². The number of benzene rings is 2. The molecule has 0 heterocycles. The molecule has 0 aromatic heterocycles. The molecular weight excluding hydrogens is 476 g/mol. The van der Waals surface area contributed by atoms with Gasteiger partial charge in [-0.2, -0.15) is 0 Å². The summed E-state index contributed by atoms with van der Waals surface area (Å²) >= 11 is 0. The van der Waals surface area contributed by atoms with Gasteiger partial charge in [0.2, 0.25) is 0 Å². The number of unbranched alkanes of at least 4 members (excludes halogenated alkanes) is 4. The Kier molecular flexibility index (Phi) is 13.0. The van der Waals surface area contributed by atoms with E-state index in [4.69, 9.17) is 9.47 Å². The molecule has 0 saturated carbocycles. The van der Waals surface area contributed by atoms with E-state index in [0.29, 0.717) is 32.3 Å². The van der Waals surface area contributed by atoms with E-state index in [2.05, 4.69) is 24.5 Å². The van der Waals surface area contributed by atoms with Gasteiger partial charge in [0, 0.05) is 34.3 Å². The van der Waals surface area contributed by atoms with Crippen LogP contribution >= 0.6 is 0 Å². The third kappa shape index (κ3) is 8.66. The largest absolute Gasteiger partial charge is 0.462 e. The van der Waals surface area contributed by atoms with Gasteiger partial charge in [0.1, 0.15) is 0 Å². The first kappa shape index (κ1) is 29.4. The minimum Gasteiger partial charge on any atom is -0.462 e. The summed E-state index contributed by atoms with van der Waals surface area (Å²) in [7, 11) is -1.61. The summed E-state index contributed by atoms with van der Waals surface area (Å²) in [4.78, 5) is 26.2. The molecule has 198 valence electrons. The molecule has 0 fully saturated rings. The van der Waals surface area contributed by atoms with Crippen LogP contribution in [0, 0.1) is 0 Å². The van der Waals surface area contributed by atoms with Crippen LogP contribution in [0.25, 0.3) is 0 Å². The summed E-state index contributed by atoms with van der Waals surface area (Å²) in [6.45, 7) is 9.74. The Morgan fingerprint density at radius 2 is 1.11 bits per heavy atom. The number of nitrogens with one attached hydrogen (secondary N) is 2. The Balaban J connectivity index is 2.35. The van der Waals surface area contributed by atoms with Crippen molar-refractivity contribution >= 4 is 34.1 Å². The van der Waals surface area contributed by atoms with Crippen molar-refractivity contribution in [1.82, 2.24) is 0 Å². The summed E-state index contributed by atoms with van der Waals surface area (Å²) in [5.41, 5.74) is 2.01. The molecule has 0 aliphatic heterocycles. The number of hydrogen-bond acceptors (Lipinski definition) is 7. The molecule has 0 amide bonds. The minimum absolute atomic E-state index is 0.247. The standard InChI is InChI=1S/C28H40N2O5S/c1-5-9-11-17-29-25-15-13-21(19-23(25)27(31)34-7-3)36(33)22-14-16-26(30-18-12-10-6-2)24(20-22)28(32)35-8-4/h13-16,19-20,29-30H,5-12,17-18H2,1-4H3. The van der Waals surface area contributed by atoms with Crippen LogP contribution in [0.2, 0.25) is 0 Å². The Labute approximate surface area is 217 Å². The second-order valence-electron chi connectivity index (χ2n) is 8.39. The Bertz CT molecular complexity index is 945. The van der Waals surface area contributed by atoms with E-state index in [1.165, 1.54) is 0 Å². The maximum absolute atomic E-state index is 13.5. The highest BCUT2D eigenvalue weighted by atomic mass is 32.2. The first-order valence-corrected chi connectivity index (χ1v) is 14.1. The summed E-state index contributed by atoms with van der Waals surface area (Å²) < 4.78 is 24.0. The van der Waals surface area contributed by atoms with Crippen LogP contribution in [0.4, 0.5) is 11.4 Å². The van der Waals surface area contributed by atoms with Crippen LogP contribution in [0.5, 0.6) is 0 Å². The van der Waals surface area contributed by atoms with Crippen molar-refractivity contribution in [2.24, 2.45) is 0 Å². The first-order valence-electron chi connectivity index (χ1n) is 13.0. The average Bonchev–Trinajstić information content (AvgIpc) is 2.89. The molecular formula is C28H40N2O5S. The van der Waals surface area contributed by atoms with Gasteiger partial charge in [-0.15, -0.1) is 0 Å². The quantitative estimate of drug-likeness (QED) is 0.197. The first-order chi connectivity index (χ1) is 17.5. The number of anilines is 2. The third-order valence-corrected chi connectivity index (χ3v) is 6.96. The number of carbonyl (C=O) groups excluding carboxylic acids is 2. The maximum Gasteiger partial charge on any atom is 0.340 e. The average molecular weight is 517 g/mol. The number of esters is 2. The molecule has 0 atom stereocenters. The molecule has 2 aromatic rings. The molecule has 36 heavy (non-hydrogen) atoms. The normalized spacial score (nSPS) is 10.8. The zero-order valence-corrected chi connectivity index (χ0v) is 22.8. The van der Waals surface area contributed by atoms with Gasteiger partial charge in [-0.05, 0) is 63.1 Å². The lowest BCUT2D eigenvalue weighted by Crippen LogP contribution is -2.12. The van der Waals surface area contributed by atoms with Gasteiger partial charge in [0.15, 0.2) is 0 Å². The molecule has 0 saturated heterocycles. The smallest absolute Gasteiger partial charge is 0.340 e. The monoisotopic (exact) mass is 516 g/mol. The highest BCUT2D eigenvalue weighted by molar-refractivity contribution is 7.85. The van der Waals surface area contributed by atoms with Crippen molar-refractivity contribution in [2.75, 3.05) is 36.9 Å². The fraction of sp³-hybridized carbons (Fsp3) is 0.500. The van der Waals surface area contributed by atoms with Crippen LogP contribution in [0.1, 0.15) is 86.9 Å². The zero-order valence-electron chi connectivity index (χ0n) is 22.0. The predicted molar refractivity (Wildman–Crippen MR) is 146 cm³/mol. The van der Waals surface area contributed by atoms with E-state index in [-0.39, 0.29) is 13.2 Å². The number of hydrogen-bond donors (Lipinski definition) is 2. The highest BCUT2D eigenvalue weighted by Crippen LogP contribution is 2.27. The van der Waals surface area contributed by atoms with Crippen LogP contribution < -0.4 is 10.6 Å². The van der Waals surface area contributed by atoms with Crippen LogP contribution in [0.15, 0.2) is 46.2 Å². The third-order valence-electron chi connectivity index (χ3n) is 5.59. The number of ether oxygens (including phenoxy) is 2. The van der Waals surface area contributed by atoms with E-state index in [1.54, 1.807) is 50.2 Å². The lowest BCUT2D eigenvalue weighted by atomic mass is 10.1. The fourth-order valence-corrected chi connectivity index (χ4v) is 4.78. The van der Waals surface area contributed by atoms with Gasteiger partial charge in [-0.1, -0.05) is 39.5 Å². The topological polar surface area (TPSA) is 93.7 Å². The van der Waals surface area contributed by atoms with Crippen molar-refractivity contribution in [2.45, 2.75) is 76.0 Å². The summed E-state index contributed by atoms with van der Waals surface area (Å²) in [6.07, 6.45) is 6.37. The fourth-order valence-electron chi connectivity index (χ4n) is 3.67. The van der Waals surface area contributed by atoms with Gasteiger partial charge in [0.25, 0.3) is 0 Å². The van der Waals surface area contributed by atoms with E-state index in [0.717, 1.165) is 51.6 Å². The van der Waals surface area contributed by atoms with E-state index >= 15 is 0 Å². The molecule has 0 aliphatic rings. The SMILES string of the molecule is CCCCCNc1ccc(S(=O)c2ccc(NCCCCC)c(C(=O)OCC)c2)cc1C(=O)OCC. The lowest BCUT2D eigenvalue weighted by Gasteiger charge is -2.15. The van der Waals surface area contributed by atoms with Gasteiger partial charge >= 0.3 is 11.9 Å².